The number of ketones is 1. The number of benzene rings is 2. The molecule has 662 valence electrons. The van der Waals surface area contributed by atoms with Crippen molar-refractivity contribution in [1.29, 1.82) is 0 Å². The smallest absolute Gasteiger partial charge is 0.410 e. The van der Waals surface area contributed by atoms with Gasteiger partial charge in [-0.05, 0) is 66.3 Å². The van der Waals surface area contributed by atoms with E-state index in [2.05, 4.69) is 58.4 Å². The molecule has 10 rings (SSSR count). The molecule has 6 aromatic rings. The molecule has 2 unspecified atom stereocenters. The summed E-state index contributed by atoms with van der Waals surface area (Å²) in [7, 11) is 3.06. The zero-order valence-corrected chi connectivity index (χ0v) is 70.4. The minimum atomic E-state index is -4.65. The second-order valence-corrected chi connectivity index (χ2v) is 34.1. The number of fused-ring (bicyclic) bond motifs is 5. The highest BCUT2D eigenvalue weighted by atomic mass is 32.7. The van der Waals surface area contributed by atoms with E-state index in [0.29, 0.717) is 109 Å². The number of halogens is 2. The maximum absolute atomic E-state index is 17.0. The number of rotatable bonds is 46. The van der Waals surface area contributed by atoms with Crippen molar-refractivity contribution in [3.8, 4) is 0 Å². The summed E-state index contributed by atoms with van der Waals surface area (Å²) in [6.45, 7) is -0.436. The van der Waals surface area contributed by atoms with Crippen LogP contribution in [0.3, 0.4) is 0 Å². The Morgan fingerprint density at radius 1 is 0.736 bits per heavy atom. The number of thiol groups is 1. The standard InChI is InChI=1S/C75H99F2N13O27P2S2/c1-45(2)61(85-71(98)52(12-8-9-20-88-57(93)17-18-58(88)94)84-56(92)19-21-104-24-25-106-28-29-108-32-33-110-35-34-109-31-30-107-27-26-105-23-22-103-5)53(91)36-46(3)69(96)83-49-15-13-47(14-16-49)39-111-75(100)87(4)37-48-10-6-7-11-50(48)70(97)86-66-62-68(80-42-78-66)90(44-82-62)73-60(77)64-55(115-73)41-113-119(102,121)117-65-63(95)54(40-112-118(101,120)116-64)114-74(65)89-38-51(76)59-67(89)79-43-81-72(59)99/h6-7,10-11,13-18,38,42-46,52,54-55,60-61,63-65,73-74,95H,8-9,12,19-37,39-41H2,1-5H3,(H,83,96)(H,84,92)(H,85,98)(H,101,120)(H,102,121)(H,79,81,99)(H,78,80,86,97)/t46-,52+,54-,55-,60-,61+,63-,64-,65-,73-,74-,118?,119?/m1/s1. The number of aromatic amines is 1. The molecule has 0 aliphatic carbocycles. The van der Waals surface area contributed by atoms with Gasteiger partial charge in [-0.2, -0.15) is 0 Å². The van der Waals surface area contributed by atoms with Crippen molar-refractivity contribution in [2.75, 3.05) is 144 Å². The van der Waals surface area contributed by atoms with E-state index in [-0.39, 0.29) is 87.0 Å². The lowest BCUT2D eigenvalue weighted by atomic mass is 9.92. The van der Waals surface area contributed by atoms with Gasteiger partial charge in [-0.15, -0.1) is 0 Å². The number of nitrogens with zero attached hydrogens (tertiary/aromatic N) is 8. The van der Waals surface area contributed by atoms with Crippen LogP contribution in [0.1, 0.15) is 86.8 Å². The van der Waals surface area contributed by atoms with Gasteiger partial charge in [-0.25, -0.2) is 38.1 Å². The highest BCUT2D eigenvalue weighted by molar-refractivity contribution is 8.44. The van der Waals surface area contributed by atoms with Gasteiger partial charge in [0.15, 0.2) is 52.9 Å². The predicted octanol–water partition coefficient (Wildman–Crippen LogP) is 4.70. The van der Waals surface area contributed by atoms with E-state index in [4.69, 9.17) is 82.0 Å². The van der Waals surface area contributed by atoms with E-state index in [9.17, 15) is 57.7 Å². The van der Waals surface area contributed by atoms with Crippen LogP contribution in [0.25, 0.3) is 22.2 Å². The Morgan fingerprint density at radius 3 is 2.00 bits per heavy atom. The third kappa shape index (κ3) is 27.3. The third-order valence-electron chi connectivity index (χ3n) is 19.2. The van der Waals surface area contributed by atoms with E-state index in [1.807, 2.05) is 0 Å². The van der Waals surface area contributed by atoms with Crippen LogP contribution in [0.5, 0.6) is 0 Å². The molecule has 3 fully saturated rings. The van der Waals surface area contributed by atoms with Crippen LogP contribution in [0.15, 0.2) is 90.7 Å². The summed E-state index contributed by atoms with van der Waals surface area (Å²) in [5, 5.41) is 22.0. The highest BCUT2D eigenvalue weighted by Crippen LogP contribution is 2.58. The number of imide groups is 1. The molecule has 4 aromatic heterocycles. The molecule has 2 bridgehead atoms. The van der Waals surface area contributed by atoms with Gasteiger partial charge in [0, 0.05) is 75.6 Å². The molecule has 13 atom stereocenters. The van der Waals surface area contributed by atoms with Gasteiger partial charge in [0.2, 0.25) is 17.7 Å². The number of imidazole rings is 1. The molecule has 0 radical (unpaired) electrons. The Bertz CT molecular complexity index is 4690. The molecule has 7 amide bonds. The minimum absolute atomic E-state index is 0.00744. The molecule has 40 nitrogen and oxygen atoms in total. The third-order valence-corrected chi connectivity index (χ3v) is 22.4. The number of hydrogen-bond acceptors (Lipinski definition) is 31. The number of aromatic nitrogens is 7. The van der Waals surface area contributed by atoms with E-state index in [1.165, 1.54) is 30.2 Å². The van der Waals surface area contributed by atoms with Gasteiger partial charge in [0.05, 0.1) is 131 Å². The van der Waals surface area contributed by atoms with Crippen LogP contribution >= 0.6 is 25.8 Å². The fourth-order valence-corrected chi connectivity index (χ4v) is 15.9. The molecule has 7 N–H and O–H groups in total. The second-order valence-electron chi connectivity index (χ2n) is 28.4. The monoisotopic (exact) mass is 1780 g/mol. The topological polar surface area (TPSA) is 481 Å². The molecular weight excluding hydrogens is 1680 g/mol. The lowest BCUT2D eigenvalue weighted by Gasteiger charge is -2.27. The predicted molar refractivity (Wildman–Crippen MR) is 430 cm³/mol. The Balaban J connectivity index is 0.649. The summed E-state index contributed by atoms with van der Waals surface area (Å²) >= 11 is 9.40. The SMILES string of the molecule is COCCOCCOCCOCCOCCOCCOCCOCCC(=O)N[C@@H](CCCCN1C(=O)C=CC1=O)C(=O)N[C@H](C(=O)C[C@@H](C)C(=O)Nc1ccc(COC(=O)N(C)Cc2ccccc2C(=O)Nc2ncnc3c2ncn3[C@@H]2O[C@@H]3COP(O)(=S)O[C@@H]4[C@H](O)[C@@H](COP(=O)(S)O[C@H]3[C@H]2F)O[C@H]4n2cc(F)c3c(=O)[nH]cnc32)cc1)C(C)C. The Labute approximate surface area is 703 Å². The molecule has 0 spiro atoms. The van der Waals surface area contributed by atoms with E-state index in [0.717, 1.165) is 39.2 Å². The molecule has 0 saturated carbocycles. The van der Waals surface area contributed by atoms with Crippen molar-refractivity contribution in [2.45, 2.75) is 127 Å². The number of carbonyl (C=O) groups is 8. The number of methoxy groups -OCH3 is 1. The summed E-state index contributed by atoms with van der Waals surface area (Å²) in [5.41, 5.74) is 0.155. The van der Waals surface area contributed by atoms with Crippen LogP contribution in [0.4, 0.5) is 25.1 Å². The summed E-state index contributed by atoms with van der Waals surface area (Å²) in [6.07, 6.45) is -7.84. The molecular formula is C75H99F2N13O27P2S2. The van der Waals surface area contributed by atoms with E-state index >= 15 is 8.78 Å². The summed E-state index contributed by atoms with van der Waals surface area (Å²) in [6, 6.07) is 10.5. The first-order chi connectivity index (χ1) is 58.1. The van der Waals surface area contributed by atoms with Crippen molar-refractivity contribution in [3.63, 3.8) is 0 Å². The van der Waals surface area contributed by atoms with Gasteiger partial charge in [0.25, 0.3) is 23.3 Å². The normalized spacial score (nSPS) is 22.6. The first kappa shape index (κ1) is 94.8. The van der Waals surface area contributed by atoms with Crippen molar-refractivity contribution >= 4 is 119 Å². The van der Waals surface area contributed by atoms with E-state index in [1.54, 1.807) is 70.3 Å². The molecule has 4 aliphatic rings. The summed E-state index contributed by atoms with van der Waals surface area (Å²) in [5.74, 6) is -6.21. The second kappa shape index (κ2) is 46.3. The number of aliphatic hydroxyl groups is 1. The van der Waals surface area contributed by atoms with Crippen molar-refractivity contribution < 1.29 is 132 Å². The number of aliphatic hydroxyl groups excluding tert-OH is 1. The number of ether oxygens (including phenoxy) is 11. The molecule has 4 aliphatic heterocycles. The molecule has 8 heterocycles. The van der Waals surface area contributed by atoms with Gasteiger partial charge >= 0.3 is 19.6 Å². The van der Waals surface area contributed by atoms with Crippen LogP contribution in [0, 0.1) is 17.7 Å². The number of anilines is 2. The number of H-pyrrole nitrogens is 1. The number of hydrogen-bond donors (Lipinski definition) is 8. The Kier molecular flexibility index (Phi) is 36.3. The van der Waals surface area contributed by atoms with Crippen LogP contribution < -0.4 is 26.8 Å². The highest BCUT2D eigenvalue weighted by Gasteiger charge is 2.54. The number of nitrogens with one attached hydrogen (secondary N) is 5. The fraction of sp³-hybridized carbons (Fsp3) is 0.560. The van der Waals surface area contributed by atoms with Crippen LogP contribution in [-0.4, -0.2) is 283 Å². The van der Waals surface area contributed by atoms with Gasteiger partial charge in [-0.3, -0.25) is 61.4 Å². The molecule has 46 heteroatoms. The summed E-state index contributed by atoms with van der Waals surface area (Å²) < 4.78 is 132. The maximum Gasteiger partial charge on any atom is 0.410 e. The Morgan fingerprint density at radius 2 is 1.36 bits per heavy atom. The zero-order valence-electron chi connectivity index (χ0n) is 66.9. The van der Waals surface area contributed by atoms with Crippen LogP contribution in [-0.2, 0) is 128 Å². The first-order valence-corrected chi connectivity index (χ1v) is 44.1. The van der Waals surface area contributed by atoms with Crippen molar-refractivity contribution in [3.05, 3.63) is 119 Å². The van der Waals surface area contributed by atoms with Gasteiger partial charge < -0.3 is 102 Å². The van der Waals surface area contributed by atoms with Gasteiger partial charge in [-0.1, -0.05) is 63.4 Å². The van der Waals surface area contributed by atoms with Crippen molar-refractivity contribution in [2.24, 2.45) is 11.8 Å². The molecule has 121 heavy (non-hydrogen) atoms. The largest absolute Gasteiger partial charge is 0.445 e. The number of alkyl halides is 1. The lowest BCUT2D eigenvalue weighted by molar-refractivity contribution is -0.137. The quantitative estimate of drug-likeness (QED) is 0.0111. The summed E-state index contributed by atoms with van der Waals surface area (Å²) in [4.78, 5) is 152. The lowest BCUT2D eigenvalue weighted by Crippen LogP contribution is -2.53. The van der Waals surface area contributed by atoms with Crippen molar-refractivity contribution in [1.82, 2.24) is 54.5 Å². The Hall–Kier alpha value is -8.44. The average Bonchev–Trinajstić information content (AvgIpc) is 1.60. The minimum Gasteiger partial charge on any atom is -0.445 e. The first-order valence-electron chi connectivity index (χ1n) is 38.8. The van der Waals surface area contributed by atoms with Crippen LogP contribution in [0.2, 0.25) is 0 Å². The van der Waals surface area contributed by atoms with Gasteiger partial charge in [0.1, 0.15) is 54.9 Å². The number of unbranched alkanes of at least 4 members (excludes halogenated alkanes) is 1. The number of carbonyl (C=O) groups excluding carboxylic acids is 8. The molecule has 2 aromatic carbocycles. The fourth-order valence-electron chi connectivity index (χ4n) is 13.0. The maximum atomic E-state index is 17.0. The zero-order chi connectivity index (χ0) is 86.8. The molecule has 3 saturated heterocycles. The van der Waals surface area contributed by atoms with E-state index < -0.39 is 164 Å². The number of Topliss-reactive ketones (excluding diaryl/α,β-unsaturated/α-hetero) is 1. The number of amides is 7. The average molecular weight is 1780 g/mol.